The van der Waals surface area contributed by atoms with E-state index in [2.05, 4.69) is 20.2 Å². The summed E-state index contributed by atoms with van der Waals surface area (Å²) in [5.74, 6) is 1.56. The normalized spacial score (nSPS) is 10.8. The average Bonchev–Trinajstić information content (AvgIpc) is 3.10. The lowest BCUT2D eigenvalue weighted by atomic mass is 10.2. The number of aromatic nitrogens is 6. The Morgan fingerprint density at radius 3 is 2.50 bits per heavy atom. The van der Waals surface area contributed by atoms with E-state index in [-0.39, 0.29) is 17.7 Å². The molecule has 4 rings (SSSR count). The van der Waals surface area contributed by atoms with Gasteiger partial charge in [0, 0.05) is 23.9 Å². The molecule has 26 heavy (non-hydrogen) atoms. The first kappa shape index (κ1) is 15.7. The molecule has 0 aliphatic rings. The molecule has 0 fully saturated rings. The number of aromatic amines is 1. The second-order valence-corrected chi connectivity index (χ2v) is 5.55. The molecular formula is C18H14N6O2. The van der Waals surface area contributed by atoms with Crippen LogP contribution in [0, 0.1) is 0 Å². The van der Waals surface area contributed by atoms with Crippen LogP contribution < -0.4 is 11.1 Å². The number of hydrogen-bond donors (Lipinski definition) is 1. The average molecular weight is 346 g/mol. The van der Waals surface area contributed by atoms with Gasteiger partial charge in [-0.15, -0.1) is 5.10 Å². The molecule has 4 aromatic rings. The number of nitrogens with one attached hydrogen (secondary N) is 1. The lowest BCUT2D eigenvalue weighted by molar-refractivity contribution is 0.588. The van der Waals surface area contributed by atoms with Crippen molar-refractivity contribution in [2.75, 3.05) is 0 Å². The molecule has 8 heteroatoms. The molecule has 0 saturated carbocycles. The van der Waals surface area contributed by atoms with Gasteiger partial charge in [-0.05, 0) is 12.1 Å². The largest absolute Gasteiger partial charge is 0.268 e. The number of benzene rings is 1. The molecule has 128 valence electrons. The summed E-state index contributed by atoms with van der Waals surface area (Å²) < 4.78 is 2.76. The van der Waals surface area contributed by atoms with Gasteiger partial charge in [-0.1, -0.05) is 36.4 Å². The maximum atomic E-state index is 12.0. The maximum Gasteiger partial charge on any atom is 0.265 e. The molecule has 0 saturated heterocycles. The lowest BCUT2D eigenvalue weighted by Gasteiger charge is -2.06. The second-order valence-electron chi connectivity index (χ2n) is 5.55. The van der Waals surface area contributed by atoms with Crippen molar-refractivity contribution in [3.8, 4) is 17.2 Å². The lowest BCUT2D eigenvalue weighted by Crippen LogP contribution is -2.29. The van der Waals surface area contributed by atoms with Gasteiger partial charge in [-0.2, -0.15) is 4.68 Å². The summed E-state index contributed by atoms with van der Waals surface area (Å²) in [6.07, 6.45) is 1.65. The Balaban J connectivity index is 1.84. The minimum Gasteiger partial charge on any atom is -0.268 e. The number of nitrogens with zero attached hydrogens (tertiary/aromatic N) is 5. The first-order chi connectivity index (χ1) is 12.7. The molecule has 0 spiro atoms. The monoisotopic (exact) mass is 346 g/mol. The van der Waals surface area contributed by atoms with Gasteiger partial charge in [0.1, 0.15) is 6.54 Å². The van der Waals surface area contributed by atoms with E-state index in [9.17, 15) is 9.59 Å². The number of pyridine rings is 1. The molecule has 0 atom stereocenters. The van der Waals surface area contributed by atoms with E-state index in [1.165, 1.54) is 16.8 Å². The van der Waals surface area contributed by atoms with Gasteiger partial charge in [-0.3, -0.25) is 14.7 Å². The molecule has 3 heterocycles. The van der Waals surface area contributed by atoms with Crippen LogP contribution in [0.1, 0.15) is 5.82 Å². The van der Waals surface area contributed by atoms with Crippen LogP contribution in [0.25, 0.3) is 17.2 Å². The van der Waals surface area contributed by atoms with E-state index >= 15 is 0 Å². The highest BCUT2D eigenvalue weighted by Gasteiger charge is 2.15. The molecule has 0 bridgehead atoms. The minimum absolute atomic E-state index is 0.0608. The van der Waals surface area contributed by atoms with Crippen molar-refractivity contribution in [3.05, 3.63) is 93.4 Å². The van der Waals surface area contributed by atoms with Crippen LogP contribution in [0.3, 0.4) is 0 Å². The fourth-order valence-electron chi connectivity index (χ4n) is 2.54. The smallest absolute Gasteiger partial charge is 0.265 e. The minimum atomic E-state index is -0.364. The first-order valence-corrected chi connectivity index (χ1v) is 7.94. The molecule has 3 aromatic heterocycles. The van der Waals surface area contributed by atoms with Gasteiger partial charge in [0.15, 0.2) is 17.5 Å². The van der Waals surface area contributed by atoms with Gasteiger partial charge >= 0.3 is 0 Å². The van der Waals surface area contributed by atoms with Crippen LogP contribution in [-0.4, -0.2) is 29.5 Å². The summed E-state index contributed by atoms with van der Waals surface area (Å²) in [6.45, 7) is 0.0608. The van der Waals surface area contributed by atoms with E-state index in [0.717, 1.165) is 5.56 Å². The van der Waals surface area contributed by atoms with E-state index in [0.29, 0.717) is 17.5 Å². The van der Waals surface area contributed by atoms with Crippen molar-refractivity contribution >= 4 is 0 Å². The number of rotatable bonds is 4. The Labute approximate surface area is 147 Å². The van der Waals surface area contributed by atoms with Gasteiger partial charge in [0.2, 0.25) is 0 Å². The van der Waals surface area contributed by atoms with Crippen LogP contribution >= 0.6 is 0 Å². The maximum absolute atomic E-state index is 12.0. The summed E-state index contributed by atoms with van der Waals surface area (Å²) in [4.78, 5) is 32.4. The van der Waals surface area contributed by atoms with Gasteiger partial charge in [-0.25, -0.2) is 14.6 Å². The van der Waals surface area contributed by atoms with Crippen LogP contribution in [0.5, 0.6) is 0 Å². The topological polar surface area (TPSA) is 98.5 Å². The zero-order chi connectivity index (χ0) is 17.9. The predicted octanol–water partition coefficient (Wildman–Crippen LogP) is 1.23. The molecule has 0 amide bonds. The van der Waals surface area contributed by atoms with Crippen molar-refractivity contribution < 1.29 is 0 Å². The fourth-order valence-corrected chi connectivity index (χ4v) is 2.54. The van der Waals surface area contributed by atoms with Crippen molar-refractivity contribution in [3.63, 3.8) is 0 Å². The summed E-state index contributed by atoms with van der Waals surface area (Å²) in [7, 11) is 0. The van der Waals surface area contributed by atoms with E-state index in [4.69, 9.17) is 0 Å². The molecule has 1 aromatic carbocycles. The molecule has 0 unspecified atom stereocenters. The molecule has 0 radical (unpaired) electrons. The molecule has 0 aliphatic carbocycles. The first-order valence-electron chi connectivity index (χ1n) is 7.94. The Kier molecular flexibility index (Phi) is 3.98. The predicted molar refractivity (Wildman–Crippen MR) is 95.0 cm³/mol. The van der Waals surface area contributed by atoms with Crippen molar-refractivity contribution in [2.45, 2.75) is 6.54 Å². The van der Waals surface area contributed by atoms with Crippen molar-refractivity contribution in [1.82, 2.24) is 29.5 Å². The third kappa shape index (κ3) is 3.07. The highest BCUT2D eigenvalue weighted by Crippen LogP contribution is 2.17. The number of H-pyrrole nitrogens is 1. The molecule has 1 N–H and O–H groups in total. The molecule has 0 aliphatic heterocycles. The highest BCUT2D eigenvalue weighted by atomic mass is 16.1. The van der Waals surface area contributed by atoms with E-state index in [1.807, 2.05) is 36.4 Å². The zero-order valence-corrected chi connectivity index (χ0v) is 13.6. The SMILES string of the molecule is O=c1ccc(=O)n(Cc2nc(-c3ccccc3)nn2-c2ccccn2)[nH]1. The van der Waals surface area contributed by atoms with Crippen LogP contribution in [0.15, 0.2) is 76.4 Å². The summed E-state index contributed by atoms with van der Waals surface area (Å²) in [5, 5.41) is 7.03. The van der Waals surface area contributed by atoms with E-state index in [1.54, 1.807) is 23.0 Å². The van der Waals surface area contributed by atoms with Gasteiger partial charge < -0.3 is 0 Å². The quantitative estimate of drug-likeness (QED) is 0.599. The standard InChI is InChI=1S/C18H14N6O2/c25-16-9-10-17(26)23(21-16)12-15-20-18(13-6-2-1-3-7-13)22-24(15)14-8-4-5-11-19-14/h1-11H,12H2,(H,21,25). The Morgan fingerprint density at radius 2 is 1.73 bits per heavy atom. The van der Waals surface area contributed by atoms with Crippen LogP contribution in [0.4, 0.5) is 0 Å². The van der Waals surface area contributed by atoms with Gasteiger partial charge in [0.25, 0.3) is 11.1 Å². The summed E-state index contributed by atoms with van der Waals surface area (Å²) in [6, 6.07) is 17.4. The van der Waals surface area contributed by atoms with Crippen molar-refractivity contribution in [2.24, 2.45) is 0 Å². The summed E-state index contributed by atoms with van der Waals surface area (Å²) >= 11 is 0. The van der Waals surface area contributed by atoms with E-state index < -0.39 is 0 Å². The Bertz CT molecular complexity index is 1150. The third-order valence-corrected chi connectivity index (χ3v) is 3.76. The Morgan fingerprint density at radius 1 is 0.923 bits per heavy atom. The third-order valence-electron chi connectivity index (χ3n) is 3.76. The van der Waals surface area contributed by atoms with Crippen LogP contribution in [0.2, 0.25) is 0 Å². The Hall–Kier alpha value is -3.81. The summed E-state index contributed by atoms with van der Waals surface area (Å²) in [5.41, 5.74) is 0.149. The van der Waals surface area contributed by atoms with Crippen molar-refractivity contribution in [1.29, 1.82) is 0 Å². The number of hydrogen-bond acceptors (Lipinski definition) is 5. The highest BCUT2D eigenvalue weighted by molar-refractivity contribution is 5.54. The second kappa shape index (κ2) is 6.60. The van der Waals surface area contributed by atoms with Crippen LogP contribution in [-0.2, 0) is 6.54 Å². The molecule has 8 nitrogen and oxygen atoms in total. The zero-order valence-electron chi connectivity index (χ0n) is 13.6. The molecular weight excluding hydrogens is 332 g/mol. The fraction of sp³-hybridized carbons (Fsp3) is 0.0556. The van der Waals surface area contributed by atoms with Gasteiger partial charge in [0.05, 0.1) is 0 Å².